The summed E-state index contributed by atoms with van der Waals surface area (Å²) in [6, 6.07) is 8.94. The maximum atomic E-state index is 13.6. The Bertz CT molecular complexity index is 1320. The number of nitrogens with one attached hydrogen (secondary N) is 1. The zero-order valence-corrected chi connectivity index (χ0v) is 21.6. The van der Waals surface area contributed by atoms with E-state index in [-0.39, 0.29) is 18.3 Å². The fourth-order valence-electron chi connectivity index (χ4n) is 5.57. The first-order chi connectivity index (χ1) is 18.5. The zero-order chi connectivity index (χ0) is 26.2. The Kier molecular flexibility index (Phi) is 6.95. The third-order valence-corrected chi connectivity index (χ3v) is 8.86. The molecule has 38 heavy (non-hydrogen) atoms. The van der Waals surface area contributed by atoms with Crippen molar-refractivity contribution >= 4 is 39.3 Å². The summed E-state index contributed by atoms with van der Waals surface area (Å²) in [7, 11) is 0. The molecular weight excluding hydrogens is 506 g/mol. The number of rotatable bonds is 5. The van der Waals surface area contributed by atoms with E-state index < -0.39 is 30.1 Å². The SMILES string of the molecule is O=C1NC(N2CCC(Cn3cccn3)CC2)=NC(=N[C@@H]2C[C@H](CO)[C@@H](O)[C@H]2O)C1c1nc2ccccc2s1. The van der Waals surface area contributed by atoms with Crippen LogP contribution < -0.4 is 5.32 Å². The number of amidine groups is 1. The lowest BCUT2D eigenvalue weighted by molar-refractivity contribution is -0.120. The Hall–Kier alpha value is -3.19. The highest BCUT2D eigenvalue weighted by Gasteiger charge is 2.43. The highest BCUT2D eigenvalue weighted by molar-refractivity contribution is 7.18. The number of aliphatic hydroxyl groups excluding tert-OH is 3. The normalized spacial score (nSPS) is 29.7. The highest BCUT2D eigenvalue weighted by Crippen LogP contribution is 2.34. The van der Waals surface area contributed by atoms with Crippen LogP contribution in [0.5, 0.6) is 0 Å². The number of carbonyl (C=O) groups excluding carboxylic acids is 1. The second-order valence-corrected chi connectivity index (χ2v) is 11.3. The van der Waals surface area contributed by atoms with E-state index in [0.717, 1.165) is 42.7 Å². The summed E-state index contributed by atoms with van der Waals surface area (Å²) in [5, 5.41) is 38.5. The van der Waals surface area contributed by atoms with Crippen LogP contribution >= 0.6 is 11.3 Å². The van der Waals surface area contributed by atoms with Crippen LogP contribution in [0.2, 0.25) is 0 Å². The molecule has 6 rings (SSSR count). The molecule has 2 fully saturated rings. The predicted molar refractivity (Wildman–Crippen MR) is 143 cm³/mol. The number of aromatic nitrogens is 3. The first-order valence-electron chi connectivity index (χ1n) is 13.0. The van der Waals surface area contributed by atoms with Crippen molar-refractivity contribution in [1.29, 1.82) is 0 Å². The van der Waals surface area contributed by atoms with Crippen LogP contribution in [0.25, 0.3) is 10.2 Å². The number of benzene rings is 1. The van der Waals surface area contributed by atoms with Gasteiger partial charge in [-0.2, -0.15) is 10.1 Å². The van der Waals surface area contributed by atoms with Gasteiger partial charge in [0.1, 0.15) is 22.9 Å². The van der Waals surface area contributed by atoms with Gasteiger partial charge in [0, 0.05) is 44.6 Å². The number of carbonyl (C=O) groups is 1. The summed E-state index contributed by atoms with van der Waals surface area (Å²) < 4.78 is 2.91. The van der Waals surface area contributed by atoms with Gasteiger partial charge in [0.15, 0.2) is 0 Å². The fourth-order valence-corrected chi connectivity index (χ4v) is 6.63. The van der Waals surface area contributed by atoms with Gasteiger partial charge in [-0.15, -0.1) is 11.3 Å². The van der Waals surface area contributed by atoms with Crippen LogP contribution in [-0.4, -0.2) is 90.6 Å². The van der Waals surface area contributed by atoms with Gasteiger partial charge in [-0.25, -0.2) is 4.98 Å². The molecule has 1 aliphatic carbocycles. The highest BCUT2D eigenvalue weighted by atomic mass is 32.1. The molecule has 1 aromatic carbocycles. The van der Waals surface area contributed by atoms with Gasteiger partial charge in [0.25, 0.3) is 0 Å². The first kappa shape index (κ1) is 25.1. The van der Waals surface area contributed by atoms with Gasteiger partial charge in [-0.3, -0.25) is 19.8 Å². The summed E-state index contributed by atoms with van der Waals surface area (Å²) in [6.45, 7) is 2.09. The van der Waals surface area contributed by atoms with Crippen molar-refractivity contribution in [3.8, 4) is 0 Å². The number of hydrogen-bond acceptors (Lipinski definition) is 9. The number of nitrogens with zero attached hydrogens (tertiary/aromatic N) is 6. The van der Waals surface area contributed by atoms with Crippen molar-refractivity contribution in [3.63, 3.8) is 0 Å². The lowest BCUT2D eigenvalue weighted by Gasteiger charge is -2.36. The topological polar surface area (TPSA) is 148 Å². The lowest BCUT2D eigenvalue weighted by atomic mass is 9.97. The number of piperidine rings is 1. The number of aliphatic hydroxyl groups is 3. The van der Waals surface area contributed by atoms with Crippen LogP contribution in [-0.2, 0) is 11.3 Å². The molecule has 5 atom stereocenters. The zero-order valence-electron chi connectivity index (χ0n) is 20.8. The quantitative estimate of drug-likeness (QED) is 0.379. The number of fused-ring (bicyclic) bond motifs is 1. The number of hydrogen-bond donors (Lipinski definition) is 4. The van der Waals surface area contributed by atoms with Crippen LogP contribution in [0.4, 0.5) is 0 Å². The van der Waals surface area contributed by atoms with E-state index in [9.17, 15) is 20.1 Å². The molecule has 4 heterocycles. The van der Waals surface area contributed by atoms with Crippen LogP contribution in [0.1, 0.15) is 30.2 Å². The molecule has 1 saturated heterocycles. The maximum Gasteiger partial charge on any atom is 0.244 e. The Morgan fingerprint density at radius 3 is 2.66 bits per heavy atom. The minimum absolute atomic E-state index is 0.247. The molecule has 200 valence electrons. The number of guanidine groups is 1. The Morgan fingerprint density at radius 1 is 1.13 bits per heavy atom. The molecule has 1 amide bonds. The van der Waals surface area contributed by atoms with Crippen LogP contribution in [0.3, 0.4) is 0 Å². The summed E-state index contributed by atoms with van der Waals surface area (Å²) in [6.07, 6.45) is 3.72. The second-order valence-electron chi connectivity index (χ2n) is 10.3. The van der Waals surface area contributed by atoms with Crippen molar-refractivity contribution < 1.29 is 20.1 Å². The maximum absolute atomic E-state index is 13.6. The van der Waals surface area contributed by atoms with Gasteiger partial charge in [0.2, 0.25) is 11.9 Å². The third kappa shape index (κ3) is 4.84. The summed E-state index contributed by atoms with van der Waals surface area (Å²) in [5.41, 5.74) is 0.797. The minimum Gasteiger partial charge on any atom is -0.396 e. The molecule has 0 bridgehead atoms. The number of amides is 1. The number of thiazole rings is 1. The van der Waals surface area contributed by atoms with E-state index in [1.54, 1.807) is 6.20 Å². The minimum atomic E-state index is -1.14. The molecule has 3 aromatic rings. The summed E-state index contributed by atoms with van der Waals surface area (Å²) >= 11 is 1.42. The van der Waals surface area contributed by atoms with Crippen molar-refractivity contribution in [2.24, 2.45) is 21.8 Å². The molecule has 12 heteroatoms. The molecule has 2 aromatic heterocycles. The molecule has 2 aliphatic heterocycles. The summed E-state index contributed by atoms with van der Waals surface area (Å²) in [5.74, 6) is -0.355. The lowest BCUT2D eigenvalue weighted by Crippen LogP contribution is -2.53. The smallest absolute Gasteiger partial charge is 0.244 e. The van der Waals surface area contributed by atoms with Crippen molar-refractivity contribution in [1.82, 2.24) is 25.0 Å². The molecule has 1 unspecified atom stereocenters. The van der Waals surface area contributed by atoms with Gasteiger partial charge >= 0.3 is 0 Å². The monoisotopic (exact) mass is 537 g/mol. The fraction of sp³-hybridized carbons (Fsp3) is 0.500. The average Bonchev–Trinajstić information content (AvgIpc) is 3.65. The standard InChI is InChI=1S/C26H31N7O4S/c34-14-16-12-18(22(36)21(16)35)28-23-20(25-29-17-4-1-2-5-19(17)38-25)24(37)31-26(30-23)32-10-6-15(7-11-32)13-33-9-3-8-27-33/h1-5,8-9,15-16,18,20-22,34-36H,6-7,10-14H2,(H,28,30,31,37)/t16-,18-,20?,21-,22+/m1/s1. The molecular formula is C26H31N7O4S. The Balaban J connectivity index is 1.29. The molecule has 11 nitrogen and oxygen atoms in total. The van der Waals surface area contributed by atoms with E-state index in [4.69, 9.17) is 15.0 Å². The Labute approximate surface area is 223 Å². The van der Waals surface area contributed by atoms with Gasteiger partial charge < -0.3 is 20.2 Å². The Morgan fingerprint density at radius 2 is 1.95 bits per heavy atom. The average molecular weight is 538 g/mol. The van der Waals surface area contributed by atoms with Crippen LogP contribution in [0.15, 0.2) is 52.7 Å². The largest absolute Gasteiger partial charge is 0.396 e. The molecule has 0 radical (unpaired) electrons. The number of para-hydroxylation sites is 1. The third-order valence-electron chi connectivity index (χ3n) is 7.76. The first-order valence-corrected chi connectivity index (χ1v) is 13.8. The summed E-state index contributed by atoms with van der Waals surface area (Å²) in [4.78, 5) is 29.9. The van der Waals surface area contributed by atoms with E-state index >= 15 is 0 Å². The molecule has 3 aliphatic rings. The molecule has 1 saturated carbocycles. The van der Waals surface area contributed by atoms with E-state index in [0.29, 0.717) is 23.3 Å². The van der Waals surface area contributed by atoms with Crippen molar-refractivity contribution in [2.45, 2.75) is 50.0 Å². The van der Waals surface area contributed by atoms with Crippen molar-refractivity contribution in [3.05, 3.63) is 47.7 Å². The number of likely N-dealkylation sites (tertiary alicyclic amines) is 1. The molecule has 4 N–H and O–H groups in total. The van der Waals surface area contributed by atoms with E-state index in [2.05, 4.69) is 15.3 Å². The van der Waals surface area contributed by atoms with E-state index in [1.807, 2.05) is 41.2 Å². The van der Waals surface area contributed by atoms with Gasteiger partial charge in [-0.05, 0) is 43.4 Å². The van der Waals surface area contributed by atoms with Gasteiger partial charge in [0.05, 0.1) is 22.4 Å². The molecule has 0 spiro atoms. The van der Waals surface area contributed by atoms with E-state index in [1.165, 1.54) is 11.3 Å². The number of aliphatic imine (C=N–C) groups is 2. The van der Waals surface area contributed by atoms with Crippen LogP contribution in [0, 0.1) is 11.8 Å². The van der Waals surface area contributed by atoms with Gasteiger partial charge in [-0.1, -0.05) is 12.1 Å². The second kappa shape index (κ2) is 10.5. The predicted octanol–water partition coefficient (Wildman–Crippen LogP) is 0.976. The van der Waals surface area contributed by atoms with Crippen molar-refractivity contribution in [2.75, 3.05) is 19.7 Å².